The van der Waals surface area contributed by atoms with Crippen molar-refractivity contribution in [2.45, 2.75) is 78.0 Å². The van der Waals surface area contributed by atoms with E-state index in [-0.39, 0.29) is 27.7 Å². The number of hydrogen-bond acceptors (Lipinski definition) is 7. The largest absolute Gasteiger partial charge is 0.447 e. The van der Waals surface area contributed by atoms with Gasteiger partial charge in [0.25, 0.3) is 0 Å². The van der Waals surface area contributed by atoms with E-state index in [1.807, 2.05) is 13.8 Å². The van der Waals surface area contributed by atoms with Crippen LogP contribution in [0.3, 0.4) is 0 Å². The van der Waals surface area contributed by atoms with Crippen molar-refractivity contribution in [2.24, 2.45) is 17.8 Å². The molecule has 0 bridgehead atoms. The molecule has 1 amide bonds. The molecule has 0 saturated heterocycles. The lowest BCUT2D eigenvalue weighted by molar-refractivity contribution is -0.102. The van der Waals surface area contributed by atoms with E-state index in [9.17, 15) is 4.79 Å². The Balaban J connectivity index is 1.45. The molecule has 1 fully saturated rings. The quantitative estimate of drug-likeness (QED) is 0.146. The summed E-state index contributed by atoms with van der Waals surface area (Å²) in [4.78, 5) is 11.9. The Hall–Kier alpha value is -1.41. The van der Waals surface area contributed by atoms with Crippen LogP contribution >= 0.6 is 8.96 Å². The van der Waals surface area contributed by atoms with Gasteiger partial charge in [0.05, 0.1) is 47.9 Å². The fourth-order valence-electron chi connectivity index (χ4n) is 4.62. The third kappa shape index (κ3) is 10.5. The smallest absolute Gasteiger partial charge is 0.407 e. The van der Waals surface area contributed by atoms with Gasteiger partial charge in [-0.1, -0.05) is 0 Å². The van der Waals surface area contributed by atoms with Crippen LogP contribution in [-0.2, 0) is 18.7 Å². The fourth-order valence-corrected chi connectivity index (χ4v) is 5.43. The number of alkyl carbamates (subject to hydrolysis) is 1. The average molecular weight is 496 g/mol. The molecule has 0 heterocycles. The standard InChI is InChI=1S/C25H42N3O5P/c1-20(2)28(25(3,4)32-15-9-13-26)34-33-19-17-30-16-18-31-24(29)27-14-12-23-21-10-7-5-6-8-11-22(21)23/h20-23,34H,7-12,14-19H2,1-4H3,(H,27,29). The van der Waals surface area contributed by atoms with E-state index in [2.05, 4.69) is 41.7 Å². The van der Waals surface area contributed by atoms with Gasteiger partial charge in [0.2, 0.25) is 0 Å². The van der Waals surface area contributed by atoms with E-state index in [1.165, 1.54) is 12.8 Å². The molecule has 3 atom stereocenters. The summed E-state index contributed by atoms with van der Waals surface area (Å²) in [5, 5.41) is 11.6. The number of nitrogens with zero attached hydrogens (tertiary/aromatic N) is 2. The molecule has 8 nitrogen and oxygen atoms in total. The van der Waals surface area contributed by atoms with Gasteiger partial charge in [-0.25, -0.2) is 9.46 Å². The first-order chi connectivity index (χ1) is 16.4. The van der Waals surface area contributed by atoms with E-state index in [1.54, 1.807) is 0 Å². The number of amides is 1. The maximum atomic E-state index is 11.9. The summed E-state index contributed by atoms with van der Waals surface area (Å²) in [6, 6.07) is 2.33. The third-order valence-electron chi connectivity index (χ3n) is 6.31. The van der Waals surface area contributed by atoms with Gasteiger partial charge in [-0.2, -0.15) is 5.26 Å². The van der Waals surface area contributed by atoms with Crippen LogP contribution in [0.1, 0.15) is 66.2 Å². The van der Waals surface area contributed by atoms with Gasteiger partial charge in [0.1, 0.15) is 12.3 Å². The summed E-state index contributed by atoms with van der Waals surface area (Å²) in [7, 11) is 0.120. The number of carbonyl (C=O) groups is 1. The summed E-state index contributed by atoms with van der Waals surface area (Å²) in [6.07, 6.45) is 5.45. The maximum Gasteiger partial charge on any atom is 0.407 e. The predicted octanol–water partition coefficient (Wildman–Crippen LogP) is 4.46. The molecule has 1 saturated carbocycles. The normalized spacial score (nSPS) is 22.0. The van der Waals surface area contributed by atoms with Gasteiger partial charge in [-0.3, -0.25) is 0 Å². The van der Waals surface area contributed by atoms with Crippen LogP contribution in [0, 0.1) is 40.9 Å². The van der Waals surface area contributed by atoms with E-state index in [0.29, 0.717) is 39.4 Å². The minimum Gasteiger partial charge on any atom is -0.447 e. The minimum atomic E-state index is -0.518. The zero-order valence-electron chi connectivity index (χ0n) is 21.2. The number of rotatable bonds is 16. The Labute approximate surface area is 207 Å². The molecule has 0 spiro atoms. The summed E-state index contributed by atoms with van der Waals surface area (Å²) >= 11 is 0. The zero-order chi connectivity index (χ0) is 24.8. The molecule has 0 aromatic rings. The number of fused-ring (bicyclic) bond motifs is 1. The first-order valence-electron chi connectivity index (χ1n) is 12.5. The van der Waals surface area contributed by atoms with Crippen LogP contribution in [0.15, 0.2) is 0 Å². The first kappa shape index (κ1) is 28.8. The molecule has 0 radical (unpaired) electrons. The second-order valence-corrected chi connectivity index (χ2v) is 10.4. The zero-order valence-corrected chi connectivity index (χ0v) is 22.2. The van der Waals surface area contributed by atoms with Crippen LogP contribution in [0.5, 0.6) is 0 Å². The van der Waals surface area contributed by atoms with Crippen molar-refractivity contribution in [3.05, 3.63) is 0 Å². The van der Waals surface area contributed by atoms with Gasteiger partial charge in [-0.15, -0.1) is 11.8 Å². The van der Waals surface area contributed by atoms with Crippen LogP contribution in [0.25, 0.3) is 0 Å². The molecule has 9 heteroatoms. The van der Waals surface area contributed by atoms with E-state index < -0.39 is 5.72 Å². The highest BCUT2D eigenvalue weighted by Gasteiger charge is 2.47. The van der Waals surface area contributed by atoms with Crippen molar-refractivity contribution >= 4 is 15.1 Å². The average Bonchev–Trinajstić information content (AvgIpc) is 3.40. The van der Waals surface area contributed by atoms with Gasteiger partial charge in [0, 0.05) is 25.4 Å². The molecule has 2 rings (SSSR count). The Morgan fingerprint density at radius 3 is 2.47 bits per heavy atom. The van der Waals surface area contributed by atoms with Crippen LogP contribution < -0.4 is 5.32 Å². The van der Waals surface area contributed by atoms with Crippen molar-refractivity contribution in [2.75, 3.05) is 39.6 Å². The molecule has 0 aliphatic heterocycles. The highest BCUT2D eigenvalue weighted by molar-refractivity contribution is 7.29. The van der Waals surface area contributed by atoms with Crippen molar-refractivity contribution in [3.63, 3.8) is 0 Å². The van der Waals surface area contributed by atoms with Gasteiger partial charge >= 0.3 is 6.09 Å². The second-order valence-electron chi connectivity index (χ2n) is 9.49. The highest BCUT2D eigenvalue weighted by Crippen LogP contribution is 2.54. The van der Waals surface area contributed by atoms with Crippen molar-refractivity contribution < 1.29 is 23.5 Å². The minimum absolute atomic E-state index is 0.120. The predicted molar refractivity (Wildman–Crippen MR) is 133 cm³/mol. The topological polar surface area (TPSA) is 93.1 Å². The number of ether oxygens (including phenoxy) is 3. The first-order valence-corrected chi connectivity index (χ1v) is 13.3. The Kier molecular flexibility index (Phi) is 13.2. The van der Waals surface area contributed by atoms with Crippen LogP contribution in [-0.4, -0.2) is 62.1 Å². The fraction of sp³-hybridized carbons (Fsp3) is 0.840. The van der Waals surface area contributed by atoms with Gasteiger partial charge in [-0.05, 0) is 64.7 Å². The molecule has 2 aliphatic rings. The van der Waals surface area contributed by atoms with Crippen LogP contribution in [0.2, 0.25) is 0 Å². The monoisotopic (exact) mass is 495 g/mol. The lowest BCUT2D eigenvalue weighted by Crippen LogP contribution is -2.45. The lowest BCUT2D eigenvalue weighted by Gasteiger charge is -2.40. The number of nitriles is 1. The van der Waals surface area contributed by atoms with Gasteiger partial charge in [0.15, 0.2) is 0 Å². The molecule has 0 aromatic heterocycles. The molecule has 2 aliphatic carbocycles. The SMILES string of the molecule is CC(C)N(POCCOCCOC(=O)NCCC1C2CCC#CCCC21)C(C)(C)OCCC#N. The molecule has 192 valence electrons. The van der Waals surface area contributed by atoms with Crippen molar-refractivity contribution in [1.29, 1.82) is 5.26 Å². The Morgan fingerprint density at radius 2 is 1.82 bits per heavy atom. The van der Waals surface area contributed by atoms with E-state index >= 15 is 0 Å². The molecule has 0 aromatic carbocycles. The van der Waals surface area contributed by atoms with Gasteiger partial charge < -0.3 is 24.1 Å². The third-order valence-corrected chi connectivity index (χ3v) is 7.89. The summed E-state index contributed by atoms with van der Waals surface area (Å²) < 4.78 is 24.4. The molecular weight excluding hydrogens is 453 g/mol. The highest BCUT2D eigenvalue weighted by atomic mass is 31.1. The second kappa shape index (κ2) is 15.6. The molecule has 3 unspecified atom stereocenters. The number of carbonyl (C=O) groups excluding carboxylic acids is 1. The summed E-state index contributed by atoms with van der Waals surface area (Å²) in [5.74, 6) is 8.80. The number of nitrogens with one attached hydrogen (secondary N) is 1. The van der Waals surface area contributed by atoms with Crippen molar-refractivity contribution in [1.82, 2.24) is 9.99 Å². The summed E-state index contributed by atoms with van der Waals surface area (Å²) in [6.45, 7) is 10.6. The Bertz CT molecular complexity index is 698. The van der Waals surface area contributed by atoms with E-state index in [0.717, 1.165) is 37.0 Å². The van der Waals surface area contributed by atoms with Crippen molar-refractivity contribution in [3.8, 4) is 17.9 Å². The maximum absolute atomic E-state index is 11.9. The summed E-state index contributed by atoms with van der Waals surface area (Å²) in [5.41, 5.74) is -0.518. The molecule has 1 N–H and O–H groups in total. The number of hydrogen-bond donors (Lipinski definition) is 1. The Morgan fingerprint density at radius 1 is 1.15 bits per heavy atom. The molecular formula is C25H42N3O5P. The lowest BCUT2D eigenvalue weighted by atomic mass is 10.1. The van der Waals surface area contributed by atoms with Crippen LogP contribution in [0.4, 0.5) is 4.79 Å². The molecule has 34 heavy (non-hydrogen) atoms. The van der Waals surface area contributed by atoms with E-state index in [4.69, 9.17) is 24.0 Å².